The second kappa shape index (κ2) is 17.2. The molecule has 0 fully saturated rings. The first kappa shape index (κ1) is 46.5. The third-order valence-electron chi connectivity index (χ3n) is 17.6. The Kier molecular flexibility index (Phi) is 9.97. The largest absolute Gasteiger partial charge is 0.375 e. The second-order valence-electron chi connectivity index (χ2n) is 22.7. The molecule has 11 aromatic carbocycles. The molecule has 0 N–H and O–H groups in total. The van der Waals surface area contributed by atoms with Crippen LogP contribution in [0.5, 0.6) is 0 Å². The Morgan fingerprint density at radius 3 is 1.61 bits per heavy atom. The van der Waals surface area contributed by atoms with Gasteiger partial charge in [-0.15, -0.1) is 0 Å². The first-order chi connectivity index (χ1) is 39.1. The standard InChI is InChI=1S/C74H54BN5/c1-41-32-43(3)65(44(4)33-41)52-29-30-62-59(37-52)60-38-54(66-45(5)34-42(2)35-46(66)6)39-61-71(60)79(62)64-40-58(51-23-16-24-53(36-51)74-77-72(49-19-10-8-11-20-49)76-73(78-74)50-21-12-9-13-22-50)47(7)67-56-26-17-27-57-68-55-25-15-14-18-48(55)28-31-63(68)80(70(56)57)75(61)69(64)67/h8-40H,1-7H3. The Morgan fingerprint density at radius 2 is 0.925 bits per heavy atom. The molecule has 0 radical (unpaired) electrons. The van der Waals surface area contributed by atoms with Gasteiger partial charge < -0.3 is 9.05 Å². The molecule has 2 aliphatic heterocycles. The zero-order valence-corrected chi connectivity index (χ0v) is 45.9. The quantitative estimate of drug-likeness (QED) is 0.156. The predicted octanol–water partition coefficient (Wildman–Crippen LogP) is 17.3. The van der Waals surface area contributed by atoms with E-state index in [1.165, 1.54) is 149 Å². The van der Waals surface area contributed by atoms with Crippen LogP contribution in [0.25, 0.3) is 139 Å². The Morgan fingerprint density at radius 1 is 0.362 bits per heavy atom. The van der Waals surface area contributed by atoms with Gasteiger partial charge in [-0.3, -0.25) is 0 Å². The van der Waals surface area contributed by atoms with Crippen LogP contribution in [0.2, 0.25) is 0 Å². The van der Waals surface area contributed by atoms with Crippen LogP contribution >= 0.6 is 0 Å². The minimum atomic E-state index is -0.139. The molecule has 16 rings (SSSR count). The first-order valence-electron chi connectivity index (χ1n) is 27.9. The van der Waals surface area contributed by atoms with Gasteiger partial charge in [-0.2, -0.15) is 0 Å². The number of fused-ring (bicyclic) bond motifs is 12. The van der Waals surface area contributed by atoms with E-state index < -0.39 is 0 Å². The van der Waals surface area contributed by atoms with Crippen LogP contribution in [0.3, 0.4) is 0 Å². The molecule has 0 spiro atoms. The lowest BCUT2D eigenvalue weighted by Crippen LogP contribution is -2.55. The summed E-state index contributed by atoms with van der Waals surface area (Å²) in [5.74, 6) is 1.92. The van der Waals surface area contributed by atoms with Crippen LogP contribution in [0.4, 0.5) is 0 Å². The van der Waals surface area contributed by atoms with Crippen molar-refractivity contribution in [1.29, 1.82) is 0 Å². The van der Waals surface area contributed by atoms with Crippen LogP contribution < -0.4 is 10.9 Å². The van der Waals surface area contributed by atoms with Gasteiger partial charge in [-0.25, -0.2) is 15.0 Å². The maximum Gasteiger partial charge on any atom is 0.333 e. The number of hydrogen-bond donors (Lipinski definition) is 0. The van der Waals surface area contributed by atoms with E-state index in [9.17, 15) is 0 Å². The van der Waals surface area contributed by atoms with E-state index in [2.05, 4.69) is 221 Å². The highest BCUT2D eigenvalue weighted by molar-refractivity contribution is 6.90. The lowest BCUT2D eigenvalue weighted by Gasteiger charge is -2.36. The molecule has 14 aromatic rings. The number of aryl methyl sites for hydroxylation is 6. The molecule has 5 nitrogen and oxygen atoms in total. The summed E-state index contributed by atoms with van der Waals surface area (Å²) in [5.41, 5.74) is 30.6. The van der Waals surface area contributed by atoms with Crippen molar-refractivity contribution in [1.82, 2.24) is 24.0 Å². The van der Waals surface area contributed by atoms with E-state index in [4.69, 9.17) is 15.0 Å². The highest BCUT2D eigenvalue weighted by atomic mass is 15.0. The van der Waals surface area contributed by atoms with Gasteiger partial charge in [-0.05, 0) is 173 Å². The smallest absolute Gasteiger partial charge is 0.333 e. The maximum absolute atomic E-state index is 5.21. The highest BCUT2D eigenvalue weighted by Gasteiger charge is 2.43. The van der Waals surface area contributed by atoms with E-state index in [-0.39, 0.29) is 6.85 Å². The first-order valence-corrected chi connectivity index (χ1v) is 27.9. The summed E-state index contributed by atoms with van der Waals surface area (Å²) >= 11 is 0. The average Bonchev–Trinajstić information content (AvgIpc) is 2.70. The number of aromatic nitrogens is 5. The predicted molar refractivity (Wildman–Crippen MR) is 336 cm³/mol. The molecule has 0 bridgehead atoms. The second-order valence-corrected chi connectivity index (χ2v) is 22.7. The van der Waals surface area contributed by atoms with Gasteiger partial charge in [0.1, 0.15) is 0 Å². The van der Waals surface area contributed by atoms with Gasteiger partial charge in [0.05, 0.1) is 11.0 Å². The van der Waals surface area contributed by atoms with Gasteiger partial charge in [0, 0.05) is 60.5 Å². The van der Waals surface area contributed by atoms with Gasteiger partial charge in [0.25, 0.3) is 0 Å². The van der Waals surface area contributed by atoms with E-state index in [0.29, 0.717) is 17.5 Å². The molecule has 3 aromatic heterocycles. The zero-order chi connectivity index (χ0) is 53.8. The maximum atomic E-state index is 5.21. The van der Waals surface area contributed by atoms with Gasteiger partial charge in [0.15, 0.2) is 17.5 Å². The summed E-state index contributed by atoms with van der Waals surface area (Å²) in [7, 11) is 0. The van der Waals surface area contributed by atoms with Crippen molar-refractivity contribution in [2.75, 3.05) is 0 Å². The van der Waals surface area contributed by atoms with Crippen molar-refractivity contribution in [3.8, 4) is 84.4 Å². The number of rotatable bonds is 6. The normalized spacial score (nSPS) is 12.4. The lowest BCUT2D eigenvalue weighted by atomic mass is 9.45. The third-order valence-corrected chi connectivity index (χ3v) is 17.6. The van der Waals surface area contributed by atoms with Gasteiger partial charge >= 0.3 is 6.85 Å². The van der Waals surface area contributed by atoms with E-state index >= 15 is 0 Å². The van der Waals surface area contributed by atoms with Crippen molar-refractivity contribution < 1.29 is 0 Å². The number of nitrogens with zero attached hydrogens (tertiary/aromatic N) is 5. The summed E-state index contributed by atoms with van der Waals surface area (Å²) in [4.78, 5) is 15.5. The van der Waals surface area contributed by atoms with Crippen LogP contribution in [0.15, 0.2) is 200 Å². The average molecular weight is 1020 g/mol. The zero-order valence-electron chi connectivity index (χ0n) is 45.9. The molecule has 0 saturated carbocycles. The van der Waals surface area contributed by atoms with Crippen molar-refractivity contribution in [3.63, 3.8) is 0 Å². The molecule has 378 valence electrons. The monoisotopic (exact) mass is 1020 g/mol. The number of para-hydroxylation sites is 1. The molecular weight excluding hydrogens is 970 g/mol. The van der Waals surface area contributed by atoms with Crippen molar-refractivity contribution >= 4 is 72.2 Å². The molecule has 0 saturated heterocycles. The van der Waals surface area contributed by atoms with Crippen molar-refractivity contribution in [2.45, 2.75) is 48.5 Å². The Labute approximate surface area is 465 Å². The Hall–Kier alpha value is -9.65. The fourth-order valence-electron chi connectivity index (χ4n) is 14.6. The molecule has 2 aliphatic rings. The summed E-state index contributed by atoms with van der Waals surface area (Å²) in [6.07, 6.45) is 0. The molecule has 5 heterocycles. The van der Waals surface area contributed by atoms with E-state index in [0.717, 1.165) is 22.3 Å². The molecule has 80 heavy (non-hydrogen) atoms. The SMILES string of the molecule is Cc1cc(C)c(-c2ccc3c(c2)c2cc(-c4c(C)cc(C)cc4C)cc4c2n3-c2cc(-c3cccc(-c5nc(-c6ccccc6)nc(-c6ccccc6)n5)c3)c(C)c3c2B4n2c4ccc5ccccc5c4c4cccc-3c42)c(C)c1. The summed E-state index contributed by atoms with van der Waals surface area (Å²) < 4.78 is 5.36. The lowest BCUT2D eigenvalue weighted by molar-refractivity contribution is 1.07. The minimum absolute atomic E-state index is 0.139. The molecule has 0 unspecified atom stereocenters. The van der Waals surface area contributed by atoms with Gasteiger partial charge in [0.2, 0.25) is 0 Å². The van der Waals surface area contributed by atoms with Crippen molar-refractivity contribution in [2.24, 2.45) is 0 Å². The summed E-state index contributed by atoms with van der Waals surface area (Å²) in [6.45, 7) is 15.7. The van der Waals surface area contributed by atoms with Crippen LogP contribution in [-0.4, -0.2) is 30.8 Å². The fraction of sp³-hybridized carbons (Fsp3) is 0.0946. The summed E-state index contributed by atoms with van der Waals surface area (Å²) in [6, 6.07) is 74.3. The van der Waals surface area contributed by atoms with E-state index in [1.807, 2.05) is 36.4 Å². The van der Waals surface area contributed by atoms with Gasteiger partial charge in [-0.1, -0.05) is 175 Å². The Balaban J connectivity index is 1.03. The molecule has 0 amide bonds. The van der Waals surface area contributed by atoms with Crippen LogP contribution in [0, 0.1) is 48.5 Å². The topological polar surface area (TPSA) is 48.5 Å². The number of hydrogen-bond acceptors (Lipinski definition) is 3. The summed E-state index contributed by atoms with van der Waals surface area (Å²) in [5, 5.41) is 7.63. The highest BCUT2D eigenvalue weighted by Crippen LogP contribution is 2.49. The molecular formula is C74H54BN5. The van der Waals surface area contributed by atoms with E-state index in [1.54, 1.807) is 0 Å². The minimum Gasteiger partial charge on any atom is -0.375 e. The number of benzene rings is 11. The Bertz CT molecular complexity index is 4920. The fourth-order valence-corrected chi connectivity index (χ4v) is 14.6. The van der Waals surface area contributed by atoms with Crippen molar-refractivity contribution in [3.05, 3.63) is 239 Å². The molecule has 6 heteroatoms. The molecule has 0 aliphatic carbocycles. The van der Waals surface area contributed by atoms with Crippen LogP contribution in [0.1, 0.15) is 38.9 Å². The van der Waals surface area contributed by atoms with Crippen LogP contribution in [-0.2, 0) is 0 Å². The molecule has 0 atom stereocenters. The third kappa shape index (κ3) is 6.69.